The zero-order chi connectivity index (χ0) is 27.6. The highest BCUT2D eigenvalue weighted by molar-refractivity contribution is 5.96. The molecule has 0 radical (unpaired) electrons. The van der Waals surface area contributed by atoms with Crippen molar-refractivity contribution in [3.05, 3.63) is 81.8 Å². The van der Waals surface area contributed by atoms with E-state index in [1.54, 1.807) is 31.0 Å². The van der Waals surface area contributed by atoms with E-state index in [1.807, 2.05) is 39.0 Å². The number of amides is 3. The van der Waals surface area contributed by atoms with E-state index in [2.05, 4.69) is 10.2 Å². The highest BCUT2D eigenvalue weighted by Crippen LogP contribution is 2.34. The average molecular weight is 523 g/mol. The zero-order valence-corrected chi connectivity index (χ0v) is 22.6. The minimum Gasteiger partial charge on any atom is -0.463 e. The molecule has 4 rings (SSSR count). The molecule has 2 aliphatic rings. The lowest BCUT2D eigenvalue weighted by molar-refractivity contribution is -0.139. The molecule has 0 aliphatic carbocycles. The van der Waals surface area contributed by atoms with E-state index in [9.17, 15) is 18.8 Å². The number of esters is 1. The Labute approximate surface area is 223 Å². The molecule has 2 aliphatic heterocycles. The Bertz CT molecular complexity index is 1280. The third-order valence-electron chi connectivity index (χ3n) is 7.27. The summed E-state index contributed by atoms with van der Waals surface area (Å²) in [4.78, 5) is 44.7. The van der Waals surface area contributed by atoms with E-state index in [0.717, 1.165) is 16.7 Å². The minimum atomic E-state index is -0.644. The van der Waals surface area contributed by atoms with Crippen LogP contribution in [0.1, 0.15) is 46.9 Å². The van der Waals surface area contributed by atoms with Crippen LogP contribution in [0.25, 0.3) is 0 Å². The van der Waals surface area contributed by atoms with Crippen molar-refractivity contribution in [2.45, 2.75) is 39.8 Å². The second-order valence-electron chi connectivity index (χ2n) is 9.94. The standard InChI is InChI=1S/C29H35FN4O4/c1-6-38-28(36)25-24(32(5)29(37)31-26(25)22-15-18(2)11-12-19(22)3)17-33-13-14-34(20(4)16-33)27(35)21-9-7-8-10-23(21)30/h7-12,15,20,26H,6,13-14,16-17H2,1-5H3,(H,31,37). The molecule has 0 spiro atoms. The Morgan fingerprint density at radius 2 is 1.87 bits per heavy atom. The van der Waals surface area contributed by atoms with Crippen molar-refractivity contribution < 1.29 is 23.5 Å². The van der Waals surface area contributed by atoms with Crippen LogP contribution in [0.3, 0.4) is 0 Å². The monoisotopic (exact) mass is 522 g/mol. The van der Waals surface area contributed by atoms with Gasteiger partial charge in [-0.25, -0.2) is 14.0 Å². The predicted octanol–water partition coefficient (Wildman–Crippen LogP) is 3.80. The zero-order valence-electron chi connectivity index (χ0n) is 22.6. The maximum Gasteiger partial charge on any atom is 0.338 e. The number of nitrogens with one attached hydrogen (secondary N) is 1. The van der Waals surface area contributed by atoms with Gasteiger partial charge in [0, 0.05) is 45.0 Å². The fourth-order valence-electron chi connectivity index (χ4n) is 5.18. The maximum absolute atomic E-state index is 14.2. The first-order valence-corrected chi connectivity index (χ1v) is 12.9. The molecule has 2 aromatic rings. The van der Waals surface area contributed by atoms with Crippen LogP contribution >= 0.6 is 0 Å². The summed E-state index contributed by atoms with van der Waals surface area (Å²) in [5, 5.41) is 2.98. The number of carbonyl (C=O) groups excluding carboxylic acids is 3. The van der Waals surface area contributed by atoms with Gasteiger partial charge in [0.25, 0.3) is 5.91 Å². The van der Waals surface area contributed by atoms with Crippen LogP contribution in [0.4, 0.5) is 9.18 Å². The molecule has 0 bridgehead atoms. The highest BCUT2D eigenvalue weighted by Gasteiger charge is 2.39. The minimum absolute atomic E-state index is 0.0557. The molecule has 2 unspecified atom stereocenters. The molecule has 0 aromatic heterocycles. The summed E-state index contributed by atoms with van der Waals surface area (Å²) in [5.41, 5.74) is 3.86. The molecular weight excluding hydrogens is 487 g/mol. The number of hydrogen-bond acceptors (Lipinski definition) is 5. The Morgan fingerprint density at radius 1 is 1.13 bits per heavy atom. The van der Waals surface area contributed by atoms with E-state index in [1.165, 1.54) is 17.0 Å². The summed E-state index contributed by atoms with van der Waals surface area (Å²) in [6.45, 7) is 9.54. The van der Waals surface area contributed by atoms with Gasteiger partial charge in [0.05, 0.1) is 23.8 Å². The summed E-state index contributed by atoms with van der Waals surface area (Å²) < 4.78 is 19.7. The summed E-state index contributed by atoms with van der Waals surface area (Å²) in [7, 11) is 1.64. The lowest BCUT2D eigenvalue weighted by Gasteiger charge is -2.42. The van der Waals surface area contributed by atoms with Gasteiger partial charge in [-0.3, -0.25) is 14.6 Å². The molecule has 1 N–H and O–H groups in total. The van der Waals surface area contributed by atoms with E-state index in [0.29, 0.717) is 37.4 Å². The molecule has 8 nitrogen and oxygen atoms in total. The van der Waals surface area contributed by atoms with Gasteiger partial charge < -0.3 is 15.0 Å². The van der Waals surface area contributed by atoms with Crippen LogP contribution in [-0.4, -0.2) is 78.5 Å². The molecule has 2 atom stereocenters. The molecule has 2 heterocycles. The van der Waals surface area contributed by atoms with Crippen molar-refractivity contribution in [2.24, 2.45) is 0 Å². The Morgan fingerprint density at radius 3 is 2.55 bits per heavy atom. The number of urea groups is 1. The van der Waals surface area contributed by atoms with Gasteiger partial charge in [0.1, 0.15) is 5.82 Å². The van der Waals surface area contributed by atoms with Crippen LogP contribution in [0.15, 0.2) is 53.7 Å². The van der Waals surface area contributed by atoms with Gasteiger partial charge in [0.15, 0.2) is 0 Å². The SMILES string of the molecule is CCOC(=O)C1=C(CN2CCN(C(=O)c3ccccc3F)C(C)C2)N(C)C(=O)NC1c1cc(C)ccc1C. The smallest absolute Gasteiger partial charge is 0.338 e. The Balaban J connectivity index is 1.64. The number of nitrogens with zero attached hydrogens (tertiary/aromatic N) is 3. The number of piperazine rings is 1. The first kappa shape index (κ1) is 27.3. The van der Waals surface area contributed by atoms with E-state index in [4.69, 9.17) is 4.74 Å². The second kappa shape index (κ2) is 11.3. The first-order chi connectivity index (χ1) is 18.1. The summed E-state index contributed by atoms with van der Waals surface area (Å²) >= 11 is 0. The van der Waals surface area contributed by atoms with Gasteiger partial charge >= 0.3 is 12.0 Å². The molecule has 202 valence electrons. The number of likely N-dealkylation sites (N-methyl/N-ethyl adjacent to an activating group) is 1. The topological polar surface area (TPSA) is 82.2 Å². The van der Waals surface area contributed by atoms with Crippen LogP contribution in [0.2, 0.25) is 0 Å². The molecule has 1 fully saturated rings. The number of carbonyl (C=O) groups is 3. The van der Waals surface area contributed by atoms with Gasteiger partial charge in [0.2, 0.25) is 0 Å². The number of ether oxygens (including phenoxy) is 1. The molecule has 2 aromatic carbocycles. The predicted molar refractivity (Wildman–Crippen MR) is 142 cm³/mol. The number of benzene rings is 2. The summed E-state index contributed by atoms with van der Waals surface area (Å²) in [6.07, 6.45) is 0. The summed E-state index contributed by atoms with van der Waals surface area (Å²) in [5.74, 6) is -1.35. The van der Waals surface area contributed by atoms with Crippen molar-refractivity contribution in [1.29, 1.82) is 0 Å². The van der Waals surface area contributed by atoms with Crippen molar-refractivity contribution in [2.75, 3.05) is 39.8 Å². The lowest BCUT2D eigenvalue weighted by atomic mass is 9.90. The van der Waals surface area contributed by atoms with Crippen molar-refractivity contribution in [3.63, 3.8) is 0 Å². The number of aryl methyl sites for hydroxylation is 2. The van der Waals surface area contributed by atoms with Crippen LogP contribution in [0, 0.1) is 19.7 Å². The fourth-order valence-corrected chi connectivity index (χ4v) is 5.18. The van der Waals surface area contributed by atoms with Gasteiger partial charge in [-0.05, 0) is 51.0 Å². The Kier molecular flexibility index (Phi) is 8.16. The fraction of sp³-hybridized carbons (Fsp3) is 0.414. The number of rotatable bonds is 6. The van der Waals surface area contributed by atoms with E-state index in [-0.39, 0.29) is 30.2 Å². The quantitative estimate of drug-likeness (QED) is 0.584. The van der Waals surface area contributed by atoms with E-state index < -0.39 is 17.8 Å². The third kappa shape index (κ3) is 5.43. The number of hydrogen-bond donors (Lipinski definition) is 1. The van der Waals surface area contributed by atoms with Crippen LogP contribution in [-0.2, 0) is 9.53 Å². The van der Waals surface area contributed by atoms with Crippen molar-refractivity contribution >= 4 is 17.9 Å². The van der Waals surface area contributed by atoms with Gasteiger partial charge in [-0.1, -0.05) is 35.9 Å². The molecule has 3 amide bonds. The van der Waals surface area contributed by atoms with Crippen molar-refractivity contribution in [3.8, 4) is 0 Å². The molecule has 1 saturated heterocycles. The van der Waals surface area contributed by atoms with Gasteiger partial charge in [-0.15, -0.1) is 0 Å². The average Bonchev–Trinajstić information content (AvgIpc) is 2.88. The van der Waals surface area contributed by atoms with Crippen molar-refractivity contribution in [1.82, 2.24) is 20.0 Å². The molecule has 9 heteroatoms. The normalized spacial score (nSPS) is 20.4. The first-order valence-electron chi connectivity index (χ1n) is 12.9. The largest absolute Gasteiger partial charge is 0.463 e. The van der Waals surface area contributed by atoms with Gasteiger partial charge in [-0.2, -0.15) is 0 Å². The molecular formula is C29H35FN4O4. The molecule has 38 heavy (non-hydrogen) atoms. The third-order valence-corrected chi connectivity index (χ3v) is 7.27. The van der Waals surface area contributed by atoms with Crippen LogP contribution in [0.5, 0.6) is 0 Å². The highest BCUT2D eigenvalue weighted by atomic mass is 19.1. The summed E-state index contributed by atoms with van der Waals surface area (Å²) in [6, 6.07) is 10.8. The maximum atomic E-state index is 14.2. The lowest BCUT2D eigenvalue weighted by Crippen LogP contribution is -2.56. The molecule has 0 saturated carbocycles. The van der Waals surface area contributed by atoms with Crippen LogP contribution < -0.4 is 5.32 Å². The van der Waals surface area contributed by atoms with E-state index >= 15 is 0 Å². The number of halogens is 1. The Hall–Kier alpha value is -3.72. The second-order valence-corrected chi connectivity index (χ2v) is 9.94.